The molecule has 28 heavy (non-hydrogen) atoms. The number of guanidine groups is 1. The van der Waals surface area contributed by atoms with Crippen LogP contribution >= 0.6 is 11.6 Å². The molecule has 0 unspecified atom stereocenters. The Labute approximate surface area is 169 Å². The molecule has 0 aliphatic heterocycles. The van der Waals surface area contributed by atoms with E-state index in [-0.39, 0.29) is 0 Å². The first-order valence-electron chi connectivity index (χ1n) is 8.96. The number of benzene rings is 2. The zero-order valence-electron chi connectivity index (χ0n) is 15.9. The van der Waals surface area contributed by atoms with Crippen LogP contribution in [-0.4, -0.2) is 31.6 Å². The maximum absolute atomic E-state index is 6.28. The fourth-order valence-electron chi connectivity index (χ4n) is 2.67. The van der Waals surface area contributed by atoms with E-state index in [0.29, 0.717) is 30.0 Å². The molecule has 6 nitrogen and oxygen atoms in total. The highest BCUT2D eigenvalue weighted by molar-refractivity contribution is 6.31. The minimum absolute atomic E-state index is 0.513. The highest BCUT2D eigenvalue weighted by Gasteiger charge is 2.07. The summed E-state index contributed by atoms with van der Waals surface area (Å²) in [5.41, 5.74) is 2.81. The average molecular weight is 399 g/mol. The molecule has 2 N–H and O–H groups in total. The van der Waals surface area contributed by atoms with Crippen molar-refractivity contribution in [1.29, 1.82) is 0 Å². The molecule has 1 heterocycles. The van der Waals surface area contributed by atoms with Crippen LogP contribution in [-0.2, 0) is 13.0 Å². The number of aliphatic imine (C=N–C) groups is 1. The van der Waals surface area contributed by atoms with Crippen molar-refractivity contribution in [2.24, 2.45) is 4.99 Å². The summed E-state index contributed by atoms with van der Waals surface area (Å²) in [5.74, 6) is 2.05. The normalized spacial score (nSPS) is 11.3. The molecule has 3 aromatic rings. The second-order valence-electron chi connectivity index (χ2n) is 6.07. The molecule has 146 valence electrons. The highest BCUT2D eigenvalue weighted by Crippen LogP contribution is 2.22. The van der Waals surface area contributed by atoms with Crippen LogP contribution in [0.4, 0.5) is 0 Å². The number of aromatic nitrogens is 1. The number of nitrogens with zero attached hydrogens (tertiary/aromatic N) is 2. The number of hydrogen-bond acceptors (Lipinski definition) is 4. The molecule has 3 rings (SSSR count). The zero-order valence-corrected chi connectivity index (χ0v) is 16.7. The van der Waals surface area contributed by atoms with Gasteiger partial charge < -0.3 is 19.8 Å². The second-order valence-corrected chi connectivity index (χ2v) is 6.48. The van der Waals surface area contributed by atoms with Crippen LogP contribution in [0.15, 0.2) is 64.2 Å². The van der Waals surface area contributed by atoms with Crippen LogP contribution in [0.2, 0.25) is 5.02 Å². The van der Waals surface area contributed by atoms with Crippen LogP contribution in [0.5, 0.6) is 5.75 Å². The van der Waals surface area contributed by atoms with Crippen molar-refractivity contribution in [3.63, 3.8) is 0 Å². The predicted molar refractivity (Wildman–Crippen MR) is 112 cm³/mol. The van der Waals surface area contributed by atoms with Gasteiger partial charge in [0, 0.05) is 24.2 Å². The molecule has 7 heteroatoms. The third-order valence-corrected chi connectivity index (χ3v) is 4.53. The molecule has 0 bridgehead atoms. The van der Waals surface area contributed by atoms with E-state index >= 15 is 0 Å². The van der Waals surface area contributed by atoms with E-state index in [1.807, 2.05) is 48.5 Å². The van der Waals surface area contributed by atoms with Crippen LogP contribution < -0.4 is 15.4 Å². The second kappa shape index (κ2) is 9.80. The summed E-state index contributed by atoms with van der Waals surface area (Å²) in [6.07, 6.45) is 2.42. The molecule has 0 spiro atoms. The first-order valence-corrected chi connectivity index (χ1v) is 9.34. The van der Waals surface area contributed by atoms with Crippen LogP contribution in [0.3, 0.4) is 0 Å². The summed E-state index contributed by atoms with van der Waals surface area (Å²) in [7, 11) is 3.36. The number of methoxy groups -OCH3 is 1. The van der Waals surface area contributed by atoms with Crippen molar-refractivity contribution in [2.45, 2.75) is 13.0 Å². The smallest absolute Gasteiger partial charge is 0.226 e. The number of halogens is 1. The van der Waals surface area contributed by atoms with Gasteiger partial charge in [-0.15, -0.1) is 0 Å². The molecule has 1 aromatic heterocycles. The number of nitrogens with one attached hydrogen (secondary N) is 2. The molecule has 0 aliphatic rings. The van der Waals surface area contributed by atoms with Gasteiger partial charge in [-0.2, -0.15) is 0 Å². The van der Waals surface area contributed by atoms with Crippen LogP contribution in [0.1, 0.15) is 11.3 Å². The molecule has 0 aliphatic carbocycles. The monoisotopic (exact) mass is 398 g/mol. The summed E-state index contributed by atoms with van der Waals surface area (Å²) in [6, 6.07) is 15.5. The summed E-state index contributed by atoms with van der Waals surface area (Å²) in [5, 5.41) is 7.20. The van der Waals surface area contributed by atoms with E-state index in [2.05, 4.69) is 20.6 Å². The predicted octanol–water partition coefficient (Wildman–Crippen LogP) is 3.91. The van der Waals surface area contributed by atoms with Gasteiger partial charge in [-0.3, -0.25) is 4.99 Å². The minimum Gasteiger partial charge on any atom is -0.497 e. The molecule has 0 atom stereocenters. The van der Waals surface area contributed by atoms with Crippen molar-refractivity contribution >= 4 is 17.6 Å². The fraction of sp³-hybridized carbons (Fsp3) is 0.238. The minimum atomic E-state index is 0.513. The van der Waals surface area contributed by atoms with Crippen LogP contribution in [0.25, 0.3) is 11.5 Å². The number of ether oxygens (including phenoxy) is 1. The van der Waals surface area contributed by atoms with Crippen molar-refractivity contribution in [3.05, 3.63) is 71.1 Å². The Morgan fingerprint density at radius 1 is 1.18 bits per heavy atom. The Balaban J connectivity index is 1.48. The molecular weight excluding hydrogens is 376 g/mol. The summed E-state index contributed by atoms with van der Waals surface area (Å²) >= 11 is 6.28. The van der Waals surface area contributed by atoms with Gasteiger partial charge in [-0.1, -0.05) is 35.9 Å². The summed E-state index contributed by atoms with van der Waals surface area (Å²) in [6.45, 7) is 1.21. The van der Waals surface area contributed by atoms with Gasteiger partial charge in [0.25, 0.3) is 0 Å². The van der Waals surface area contributed by atoms with Crippen molar-refractivity contribution in [1.82, 2.24) is 15.6 Å². The van der Waals surface area contributed by atoms with E-state index < -0.39 is 0 Å². The van der Waals surface area contributed by atoms with Gasteiger partial charge in [0.2, 0.25) is 5.89 Å². The Bertz CT molecular complexity index is 925. The zero-order chi connectivity index (χ0) is 19.8. The Hall–Kier alpha value is -2.99. The van der Waals surface area contributed by atoms with Gasteiger partial charge in [0.1, 0.15) is 12.0 Å². The molecule has 0 saturated heterocycles. The lowest BCUT2D eigenvalue weighted by molar-refractivity contribution is 0.414. The van der Waals surface area contributed by atoms with E-state index in [4.69, 9.17) is 20.8 Å². The molecule has 0 amide bonds. The first kappa shape index (κ1) is 19.8. The standard InChI is InChI=1S/C21H23ClN4O2/c1-23-21(24-11-10-15-8-9-18(27-2)12-19(15)22)25-13-17-14-28-20(26-17)16-6-4-3-5-7-16/h3-9,12,14H,10-11,13H2,1-2H3,(H2,23,24,25). The van der Waals surface area contributed by atoms with Crippen LogP contribution in [0, 0.1) is 0 Å². The Morgan fingerprint density at radius 2 is 2.00 bits per heavy atom. The molecule has 2 aromatic carbocycles. The summed E-state index contributed by atoms with van der Waals surface area (Å²) < 4.78 is 10.7. The Morgan fingerprint density at radius 3 is 2.71 bits per heavy atom. The molecular formula is C21H23ClN4O2. The molecule has 0 fully saturated rings. The maximum Gasteiger partial charge on any atom is 0.226 e. The SMILES string of the molecule is CN=C(NCCc1ccc(OC)cc1Cl)NCc1coc(-c2ccccc2)n1. The van der Waals surface area contributed by atoms with Crippen molar-refractivity contribution in [2.75, 3.05) is 20.7 Å². The lowest BCUT2D eigenvalue weighted by atomic mass is 10.1. The lowest BCUT2D eigenvalue weighted by Crippen LogP contribution is -2.37. The Kier molecular flexibility index (Phi) is 6.92. The van der Waals surface area contributed by atoms with Gasteiger partial charge in [0.15, 0.2) is 5.96 Å². The van der Waals surface area contributed by atoms with E-state index in [1.165, 1.54) is 0 Å². The highest BCUT2D eigenvalue weighted by atomic mass is 35.5. The molecule has 0 saturated carbocycles. The van der Waals surface area contributed by atoms with E-state index in [9.17, 15) is 0 Å². The van der Waals surface area contributed by atoms with E-state index in [0.717, 1.165) is 29.0 Å². The largest absolute Gasteiger partial charge is 0.497 e. The third-order valence-electron chi connectivity index (χ3n) is 4.18. The fourth-order valence-corrected chi connectivity index (χ4v) is 2.93. The van der Waals surface area contributed by atoms with E-state index in [1.54, 1.807) is 20.4 Å². The van der Waals surface area contributed by atoms with Gasteiger partial charge in [0.05, 0.1) is 19.3 Å². The average Bonchev–Trinajstić information content (AvgIpc) is 3.21. The maximum atomic E-state index is 6.28. The molecule has 0 radical (unpaired) electrons. The van der Waals surface area contributed by atoms with Crippen molar-refractivity contribution in [3.8, 4) is 17.2 Å². The number of rotatable bonds is 7. The quantitative estimate of drug-likeness (QED) is 0.466. The van der Waals surface area contributed by atoms with Crippen molar-refractivity contribution < 1.29 is 9.15 Å². The van der Waals surface area contributed by atoms with Gasteiger partial charge >= 0.3 is 0 Å². The van der Waals surface area contributed by atoms with Gasteiger partial charge in [-0.25, -0.2) is 4.98 Å². The van der Waals surface area contributed by atoms with Gasteiger partial charge in [-0.05, 0) is 36.2 Å². The number of hydrogen-bond donors (Lipinski definition) is 2. The third kappa shape index (κ3) is 5.27. The lowest BCUT2D eigenvalue weighted by Gasteiger charge is -2.12. The topological polar surface area (TPSA) is 71.7 Å². The summed E-state index contributed by atoms with van der Waals surface area (Å²) in [4.78, 5) is 8.73. The number of oxazole rings is 1. The first-order chi connectivity index (χ1) is 13.7.